The van der Waals surface area contributed by atoms with E-state index in [1.807, 2.05) is 24.3 Å². The van der Waals surface area contributed by atoms with E-state index >= 15 is 0 Å². The van der Waals surface area contributed by atoms with Crippen LogP contribution in [0.5, 0.6) is 17.2 Å². The Kier molecular flexibility index (Phi) is 6.91. The molecule has 0 aromatic heterocycles. The number of carbonyl (C=O) groups excluding carboxylic acids is 2. The first-order chi connectivity index (χ1) is 16.0. The number of methoxy groups -OCH3 is 2. The van der Waals surface area contributed by atoms with Gasteiger partial charge >= 0.3 is 5.97 Å². The fraction of sp³-hybridized carbons (Fsp3) is 0.481. The highest BCUT2D eigenvalue weighted by molar-refractivity contribution is 6.01. The van der Waals surface area contributed by atoms with Crippen molar-refractivity contribution in [3.05, 3.63) is 41.5 Å². The molecule has 1 fully saturated rings. The number of carbonyl (C=O) groups is 2. The second kappa shape index (κ2) is 9.86. The molecule has 0 bridgehead atoms. The van der Waals surface area contributed by atoms with E-state index in [0.717, 1.165) is 60.8 Å². The lowest BCUT2D eigenvalue weighted by atomic mass is 9.99. The number of fused-ring (bicyclic) bond motifs is 1. The molecule has 0 radical (unpaired) electrons. The number of benzene rings is 2. The summed E-state index contributed by atoms with van der Waals surface area (Å²) in [4.78, 5) is 24.3. The van der Waals surface area contributed by atoms with E-state index in [2.05, 4.69) is 13.0 Å². The van der Waals surface area contributed by atoms with Crippen LogP contribution in [0.2, 0.25) is 0 Å². The van der Waals surface area contributed by atoms with Crippen LogP contribution < -0.4 is 14.2 Å². The quantitative estimate of drug-likeness (QED) is 0.330. The van der Waals surface area contributed by atoms with Gasteiger partial charge in [0.2, 0.25) is 5.75 Å². The number of Topliss-reactive ketones (excluding diaryl/α,β-unsaturated/α-hetero) is 1. The molecule has 0 heterocycles. The van der Waals surface area contributed by atoms with Crippen LogP contribution in [-0.4, -0.2) is 38.2 Å². The van der Waals surface area contributed by atoms with E-state index in [-0.39, 0.29) is 18.4 Å². The third-order valence-corrected chi connectivity index (χ3v) is 6.44. The van der Waals surface area contributed by atoms with Crippen LogP contribution in [0.25, 0.3) is 11.1 Å². The molecule has 0 N–H and O–H groups in total. The van der Waals surface area contributed by atoms with Crippen molar-refractivity contribution in [2.24, 2.45) is 0 Å². The van der Waals surface area contributed by atoms with E-state index in [1.54, 1.807) is 14.2 Å². The predicted molar refractivity (Wildman–Crippen MR) is 125 cm³/mol. The molecule has 0 saturated heterocycles. The van der Waals surface area contributed by atoms with E-state index in [0.29, 0.717) is 30.1 Å². The van der Waals surface area contributed by atoms with Gasteiger partial charge in [-0.05, 0) is 48.9 Å². The summed E-state index contributed by atoms with van der Waals surface area (Å²) in [6.45, 7) is 2.37. The van der Waals surface area contributed by atoms with Crippen molar-refractivity contribution < 1.29 is 28.5 Å². The summed E-state index contributed by atoms with van der Waals surface area (Å²) in [5.74, 6) is 1.64. The Labute approximate surface area is 195 Å². The van der Waals surface area contributed by atoms with Crippen LogP contribution in [0.15, 0.2) is 30.3 Å². The molecule has 2 aromatic rings. The zero-order valence-electron chi connectivity index (χ0n) is 19.7. The van der Waals surface area contributed by atoms with Crippen LogP contribution in [-0.2, 0) is 16.0 Å². The van der Waals surface area contributed by atoms with Gasteiger partial charge in [0.25, 0.3) is 0 Å². The summed E-state index contributed by atoms with van der Waals surface area (Å²) in [6, 6.07) is 9.67. The van der Waals surface area contributed by atoms with Crippen LogP contribution in [0.1, 0.15) is 67.8 Å². The lowest BCUT2D eigenvalue weighted by molar-refractivity contribution is -0.153. The maximum atomic E-state index is 12.3. The number of rotatable bonds is 11. The van der Waals surface area contributed by atoms with Gasteiger partial charge in [-0.15, -0.1) is 0 Å². The first-order valence-corrected chi connectivity index (χ1v) is 11.8. The Hall–Kier alpha value is -3.02. The minimum atomic E-state index is -0.570. The average Bonchev–Trinajstić information content (AvgIpc) is 3.49. The van der Waals surface area contributed by atoms with Crippen LogP contribution in [0.3, 0.4) is 0 Å². The van der Waals surface area contributed by atoms with Crippen LogP contribution >= 0.6 is 0 Å². The molecule has 0 amide bonds. The minimum Gasteiger partial charge on any atom is -0.493 e. The number of hydrogen-bond acceptors (Lipinski definition) is 6. The average molecular weight is 453 g/mol. The predicted octanol–water partition coefficient (Wildman–Crippen LogP) is 5.53. The van der Waals surface area contributed by atoms with Gasteiger partial charge in [-0.2, -0.15) is 0 Å². The molecule has 1 saturated carbocycles. The highest BCUT2D eigenvalue weighted by Crippen LogP contribution is 2.47. The fourth-order valence-corrected chi connectivity index (χ4v) is 4.32. The Bertz CT molecular complexity index is 1040. The third kappa shape index (κ3) is 5.00. The summed E-state index contributed by atoms with van der Waals surface area (Å²) in [7, 11) is 3.17. The number of hydrogen-bond donors (Lipinski definition) is 0. The smallest absolute Gasteiger partial charge is 0.306 e. The molecule has 6 heteroatoms. The van der Waals surface area contributed by atoms with Crippen molar-refractivity contribution in [3.8, 4) is 28.4 Å². The Morgan fingerprint density at radius 2 is 1.76 bits per heavy atom. The molecule has 4 rings (SSSR count). The van der Waals surface area contributed by atoms with Gasteiger partial charge in [0, 0.05) is 24.0 Å². The molecule has 0 spiro atoms. The SMILES string of the molecule is CCCCCC(=O)OC1(COc2c(-c3ccc4c(c3)CCC4=O)ccc(OC)c2OC)CC1. The Morgan fingerprint density at radius 3 is 2.45 bits per heavy atom. The normalized spacial score (nSPS) is 15.7. The van der Waals surface area contributed by atoms with Crippen LogP contribution in [0, 0.1) is 0 Å². The molecule has 2 aliphatic carbocycles. The molecule has 2 aliphatic rings. The van der Waals surface area contributed by atoms with Gasteiger partial charge in [0.05, 0.1) is 14.2 Å². The number of unbranched alkanes of at least 4 members (excludes halogenated alkanes) is 2. The summed E-state index contributed by atoms with van der Waals surface area (Å²) in [5, 5.41) is 0. The number of ketones is 1. The molecular weight excluding hydrogens is 420 g/mol. The zero-order valence-corrected chi connectivity index (χ0v) is 19.7. The van der Waals surface area contributed by atoms with Crippen molar-refractivity contribution in [3.63, 3.8) is 0 Å². The van der Waals surface area contributed by atoms with Crippen molar-refractivity contribution in [2.75, 3.05) is 20.8 Å². The molecular formula is C27H32O6. The van der Waals surface area contributed by atoms with E-state index in [9.17, 15) is 9.59 Å². The van der Waals surface area contributed by atoms with Crippen molar-refractivity contribution >= 4 is 11.8 Å². The summed E-state index contributed by atoms with van der Waals surface area (Å²) in [5.41, 5.74) is 3.08. The lowest BCUT2D eigenvalue weighted by Gasteiger charge is -2.22. The lowest BCUT2D eigenvalue weighted by Crippen LogP contribution is -2.27. The van der Waals surface area contributed by atoms with Gasteiger partial charge in [-0.3, -0.25) is 9.59 Å². The van der Waals surface area contributed by atoms with Gasteiger partial charge in [0.1, 0.15) is 12.2 Å². The largest absolute Gasteiger partial charge is 0.493 e. The van der Waals surface area contributed by atoms with Gasteiger partial charge in [0.15, 0.2) is 17.3 Å². The molecule has 33 heavy (non-hydrogen) atoms. The van der Waals surface area contributed by atoms with Crippen LogP contribution in [0.4, 0.5) is 0 Å². The molecule has 6 nitrogen and oxygen atoms in total. The maximum absolute atomic E-state index is 12.3. The Morgan fingerprint density at radius 1 is 0.970 bits per heavy atom. The minimum absolute atomic E-state index is 0.161. The number of aryl methyl sites for hydroxylation is 1. The monoisotopic (exact) mass is 452 g/mol. The van der Waals surface area contributed by atoms with E-state index < -0.39 is 5.60 Å². The van der Waals surface area contributed by atoms with E-state index in [1.165, 1.54) is 0 Å². The first kappa shape index (κ1) is 23.1. The summed E-state index contributed by atoms with van der Waals surface area (Å²) in [6.07, 6.45) is 6.26. The molecule has 0 unspecified atom stereocenters. The Balaban J connectivity index is 1.58. The molecule has 176 valence electrons. The topological polar surface area (TPSA) is 71.1 Å². The fourth-order valence-electron chi connectivity index (χ4n) is 4.32. The maximum Gasteiger partial charge on any atom is 0.306 e. The van der Waals surface area contributed by atoms with Crippen molar-refractivity contribution in [1.29, 1.82) is 0 Å². The molecule has 0 aliphatic heterocycles. The highest BCUT2D eigenvalue weighted by Gasteiger charge is 2.48. The highest BCUT2D eigenvalue weighted by atomic mass is 16.6. The summed E-state index contributed by atoms with van der Waals surface area (Å²) >= 11 is 0. The summed E-state index contributed by atoms with van der Waals surface area (Å²) < 4.78 is 23.2. The molecule has 0 atom stereocenters. The van der Waals surface area contributed by atoms with Gasteiger partial charge < -0.3 is 18.9 Å². The second-order valence-electron chi connectivity index (χ2n) is 8.88. The van der Waals surface area contributed by atoms with Crippen molar-refractivity contribution in [2.45, 2.75) is 63.9 Å². The number of ether oxygens (including phenoxy) is 4. The first-order valence-electron chi connectivity index (χ1n) is 11.8. The molecule has 2 aromatic carbocycles. The second-order valence-corrected chi connectivity index (χ2v) is 8.88. The number of esters is 1. The standard InChI is InChI=1S/C27H32O6/c1-4-5-6-7-24(29)33-27(14-15-27)17-32-25-21(11-13-23(30-2)26(25)31-3)19-8-10-20-18(16-19)9-12-22(20)28/h8,10-11,13,16H,4-7,9,12,14-15,17H2,1-3H3. The van der Waals surface area contributed by atoms with Gasteiger partial charge in [-0.1, -0.05) is 38.0 Å². The van der Waals surface area contributed by atoms with Gasteiger partial charge in [-0.25, -0.2) is 0 Å². The zero-order chi connectivity index (χ0) is 23.4. The van der Waals surface area contributed by atoms with E-state index in [4.69, 9.17) is 18.9 Å². The third-order valence-electron chi connectivity index (χ3n) is 6.44. The van der Waals surface area contributed by atoms with Crippen molar-refractivity contribution in [1.82, 2.24) is 0 Å².